The van der Waals surface area contributed by atoms with Crippen LogP contribution in [0.4, 0.5) is 5.95 Å². The second-order valence-electron chi connectivity index (χ2n) is 6.84. The van der Waals surface area contributed by atoms with Crippen LogP contribution >= 0.6 is 0 Å². The lowest BCUT2D eigenvalue weighted by molar-refractivity contribution is -0.137. The van der Waals surface area contributed by atoms with Crippen LogP contribution in [0, 0.1) is 5.92 Å². The van der Waals surface area contributed by atoms with Crippen LogP contribution in [0.1, 0.15) is 12.8 Å². The van der Waals surface area contributed by atoms with Gasteiger partial charge in [0.15, 0.2) is 0 Å². The van der Waals surface area contributed by atoms with Crippen LogP contribution in [0.5, 0.6) is 0 Å². The molecule has 0 saturated carbocycles. The van der Waals surface area contributed by atoms with E-state index in [0.717, 1.165) is 0 Å². The molecule has 2 saturated heterocycles. The molecular formula is C17H27N5O4S. The molecule has 2 aliphatic heterocycles. The third kappa shape index (κ3) is 4.94. The maximum Gasteiger partial charge on any atom is 0.225 e. The summed E-state index contributed by atoms with van der Waals surface area (Å²) in [6, 6.07) is 1.78. The van der Waals surface area contributed by atoms with Gasteiger partial charge in [0.05, 0.1) is 12.4 Å². The molecule has 0 unspecified atom stereocenters. The van der Waals surface area contributed by atoms with E-state index in [9.17, 15) is 13.2 Å². The lowest BCUT2D eigenvalue weighted by Gasteiger charge is -2.38. The standard InChI is InChI=1S/C17H27N5O4S/c1-26-13-14-27(24,25)22-7-3-15(4-8-22)16(23)20-9-11-21(12-10-20)17-18-5-2-6-19-17/h2,5-6,15H,3-4,7-14H2,1H3. The minimum Gasteiger partial charge on any atom is -0.384 e. The number of piperidine rings is 1. The highest BCUT2D eigenvalue weighted by molar-refractivity contribution is 7.89. The molecule has 0 spiro atoms. The van der Waals surface area contributed by atoms with Gasteiger partial charge in [-0.1, -0.05) is 0 Å². The molecule has 1 aromatic rings. The van der Waals surface area contributed by atoms with Gasteiger partial charge in [-0.2, -0.15) is 0 Å². The number of aromatic nitrogens is 2. The van der Waals surface area contributed by atoms with E-state index in [0.29, 0.717) is 58.1 Å². The summed E-state index contributed by atoms with van der Waals surface area (Å²) in [7, 11) is -1.80. The first-order chi connectivity index (χ1) is 13.0. The Labute approximate surface area is 160 Å². The number of hydrogen-bond donors (Lipinski definition) is 0. The highest BCUT2D eigenvalue weighted by Crippen LogP contribution is 2.23. The van der Waals surface area contributed by atoms with E-state index in [1.165, 1.54) is 11.4 Å². The average Bonchev–Trinajstić information content (AvgIpc) is 2.72. The fraction of sp³-hybridized carbons (Fsp3) is 0.706. The Hall–Kier alpha value is -1.78. The van der Waals surface area contributed by atoms with Crippen LogP contribution in [0.3, 0.4) is 0 Å². The highest BCUT2D eigenvalue weighted by Gasteiger charge is 2.34. The van der Waals surface area contributed by atoms with E-state index in [1.807, 2.05) is 4.90 Å². The summed E-state index contributed by atoms with van der Waals surface area (Å²) in [6.07, 6.45) is 4.59. The second-order valence-corrected chi connectivity index (χ2v) is 8.93. The molecular weight excluding hydrogens is 370 g/mol. The van der Waals surface area contributed by atoms with Gasteiger partial charge in [-0.15, -0.1) is 0 Å². The number of piperazine rings is 1. The Balaban J connectivity index is 1.47. The number of methoxy groups -OCH3 is 1. The fourth-order valence-corrected chi connectivity index (χ4v) is 4.94. The Morgan fingerprint density at radius 2 is 1.74 bits per heavy atom. The van der Waals surface area contributed by atoms with Gasteiger partial charge in [0.1, 0.15) is 0 Å². The smallest absolute Gasteiger partial charge is 0.225 e. The van der Waals surface area contributed by atoms with Gasteiger partial charge in [-0.05, 0) is 18.9 Å². The summed E-state index contributed by atoms with van der Waals surface area (Å²) in [5.41, 5.74) is 0. The number of ether oxygens (including phenoxy) is 1. The molecule has 1 amide bonds. The van der Waals surface area contributed by atoms with Crippen LogP contribution < -0.4 is 4.90 Å². The summed E-state index contributed by atoms with van der Waals surface area (Å²) in [6.45, 7) is 3.70. The lowest BCUT2D eigenvalue weighted by Crippen LogP contribution is -2.52. The van der Waals surface area contributed by atoms with Gasteiger partial charge >= 0.3 is 0 Å². The van der Waals surface area contributed by atoms with Gasteiger partial charge in [0, 0.05) is 64.7 Å². The lowest BCUT2D eigenvalue weighted by atomic mass is 9.96. The molecule has 3 heterocycles. The van der Waals surface area contributed by atoms with Crippen LogP contribution in [-0.4, -0.2) is 92.2 Å². The molecule has 0 bridgehead atoms. The molecule has 150 valence electrons. The number of rotatable bonds is 6. The van der Waals surface area contributed by atoms with Crippen molar-refractivity contribution in [2.45, 2.75) is 12.8 Å². The van der Waals surface area contributed by atoms with Crippen LogP contribution in [-0.2, 0) is 19.6 Å². The van der Waals surface area contributed by atoms with Crippen molar-refractivity contribution >= 4 is 21.9 Å². The number of anilines is 1. The van der Waals surface area contributed by atoms with Crippen molar-refractivity contribution in [3.63, 3.8) is 0 Å². The number of hydrogen-bond acceptors (Lipinski definition) is 7. The largest absolute Gasteiger partial charge is 0.384 e. The molecule has 2 fully saturated rings. The van der Waals surface area contributed by atoms with Gasteiger partial charge in [-0.25, -0.2) is 22.7 Å². The average molecular weight is 398 g/mol. The normalized spacial score (nSPS) is 20.0. The van der Waals surface area contributed by atoms with E-state index >= 15 is 0 Å². The predicted molar refractivity (Wildman–Crippen MR) is 101 cm³/mol. The molecule has 0 atom stereocenters. The topological polar surface area (TPSA) is 95.9 Å². The number of amides is 1. The molecule has 3 rings (SSSR count). The van der Waals surface area contributed by atoms with Crippen LogP contribution in [0.2, 0.25) is 0 Å². The van der Waals surface area contributed by atoms with Gasteiger partial charge < -0.3 is 14.5 Å². The van der Waals surface area contributed by atoms with Crippen molar-refractivity contribution in [1.82, 2.24) is 19.2 Å². The summed E-state index contributed by atoms with van der Waals surface area (Å²) in [4.78, 5) is 25.3. The Morgan fingerprint density at radius 1 is 1.11 bits per heavy atom. The Bertz CT molecular complexity index is 714. The molecule has 0 aromatic carbocycles. The first kappa shape index (κ1) is 20.0. The van der Waals surface area contributed by atoms with E-state index in [1.54, 1.807) is 18.5 Å². The second kappa shape index (κ2) is 8.94. The molecule has 10 heteroatoms. The monoisotopic (exact) mass is 397 g/mol. The van der Waals surface area contributed by atoms with E-state index in [2.05, 4.69) is 14.9 Å². The van der Waals surface area contributed by atoms with Crippen molar-refractivity contribution in [3.8, 4) is 0 Å². The molecule has 27 heavy (non-hydrogen) atoms. The molecule has 0 N–H and O–H groups in total. The van der Waals surface area contributed by atoms with Crippen molar-refractivity contribution in [2.24, 2.45) is 5.92 Å². The van der Waals surface area contributed by atoms with Crippen molar-refractivity contribution < 1.29 is 17.9 Å². The SMILES string of the molecule is COCCS(=O)(=O)N1CCC(C(=O)N2CCN(c3ncccn3)CC2)CC1. The fourth-order valence-electron chi connectivity index (χ4n) is 3.54. The molecule has 0 radical (unpaired) electrons. The molecule has 2 aliphatic rings. The summed E-state index contributed by atoms with van der Waals surface area (Å²) >= 11 is 0. The number of sulfonamides is 1. The first-order valence-electron chi connectivity index (χ1n) is 9.29. The van der Waals surface area contributed by atoms with Crippen molar-refractivity contribution in [3.05, 3.63) is 18.5 Å². The zero-order valence-corrected chi connectivity index (χ0v) is 16.5. The minimum atomic E-state index is -3.29. The van der Waals surface area contributed by atoms with Crippen molar-refractivity contribution in [1.29, 1.82) is 0 Å². The van der Waals surface area contributed by atoms with Crippen molar-refractivity contribution in [2.75, 3.05) is 63.6 Å². The van der Waals surface area contributed by atoms with Gasteiger partial charge in [-0.3, -0.25) is 4.79 Å². The predicted octanol–water partition coefficient (Wildman–Crippen LogP) is -0.187. The summed E-state index contributed by atoms with van der Waals surface area (Å²) in [5, 5.41) is 0. The number of carbonyl (C=O) groups excluding carboxylic acids is 1. The third-order valence-electron chi connectivity index (χ3n) is 5.17. The van der Waals surface area contributed by atoms with Crippen LogP contribution in [0.25, 0.3) is 0 Å². The molecule has 9 nitrogen and oxygen atoms in total. The van der Waals surface area contributed by atoms with E-state index in [4.69, 9.17) is 4.74 Å². The number of carbonyl (C=O) groups is 1. The quantitative estimate of drug-likeness (QED) is 0.657. The minimum absolute atomic E-state index is 0.00830. The van der Waals surface area contributed by atoms with E-state index < -0.39 is 10.0 Å². The molecule has 0 aliphatic carbocycles. The van der Waals surface area contributed by atoms with Gasteiger partial charge in [0.25, 0.3) is 0 Å². The first-order valence-corrected chi connectivity index (χ1v) is 10.9. The van der Waals surface area contributed by atoms with Gasteiger partial charge in [0.2, 0.25) is 21.9 Å². The maximum atomic E-state index is 12.8. The van der Waals surface area contributed by atoms with E-state index in [-0.39, 0.29) is 24.2 Å². The zero-order chi connectivity index (χ0) is 19.3. The van der Waals surface area contributed by atoms with Crippen LogP contribution in [0.15, 0.2) is 18.5 Å². The Kier molecular flexibility index (Phi) is 6.61. The maximum absolute atomic E-state index is 12.8. The summed E-state index contributed by atoms with van der Waals surface area (Å²) in [5.74, 6) is 0.723. The molecule has 1 aromatic heterocycles. The highest BCUT2D eigenvalue weighted by atomic mass is 32.2. The zero-order valence-electron chi connectivity index (χ0n) is 15.7. The summed E-state index contributed by atoms with van der Waals surface area (Å²) < 4.78 is 30.8. The Morgan fingerprint density at radius 3 is 2.33 bits per heavy atom. The number of nitrogens with zero attached hydrogens (tertiary/aromatic N) is 5. The third-order valence-corrected chi connectivity index (χ3v) is 7.00.